The zero-order chi connectivity index (χ0) is 25.2. The summed E-state index contributed by atoms with van der Waals surface area (Å²) in [7, 11) is 0. The van der Waals surface area contributed by atoms with Crippen LogP contribution in [0.1, 0.15) is 37.4 Å². The van der Waals surface area contributed by atoms with E-state index in [-0.39, 0.29) is 55.5 Å². The normalized spacial score (nSPS) is 25.8. The molecule has 1 aromatic heterocycles. The zero-order valence-corrected chi connectivity index (χ0v) is 19.7. The highest BCUT2D eigenvalue weighted by molar-refractivity contribution is 5.86. The van der Waals surface area contributed by atoms with Gasteiger partial charge in [0.05, 0.1) is 12.6 Å². The Bertz CT molecular complexity index is 933. The lowest BCUT2D eigenvalue weighted by molar-refractivity contribution is -0.146. The standard InChI is InChI=1S/C23H31F3N6O3/c1-15(33)30-6-8-31(9-7-30)17-3-4-19-18(10-17)22(35)32(14-29-19)13-21(34)28-12-16-2-5-20(27-11-16)23(24,25)26/h2,5,11,17-19,29H,3-4,6-10,12-14H2,1H3,(H,28,34). The van der Waals surface area contributed by atoms with E-state index >= 15 is 0 Å². The average Bonchev–Trinajstić information content (AvgIpc) is 2.84. The number of pyridine rings is 1. The fraction of sp³-hybridized carbons (Fsp3) is 0.652. The first-order valence-corrected chi connectivity index (χ1v) is 11.9. The minimum Gasteiger partial charge on any atom is -0.350 e. The van der Waals surface area contributed by atoms with Crippen LogP contribution in [0.4, 0.5) is 13.2 Å². The van der Waals surface area contributed by atoms with Gasteiger partial charge in [-0.2, -0.15) is 13.2 Å². The molecule has 3 atom stereocenters. The van der Waals surface area contributed by atoms with Crippen LogP contribution in [0.2, 0.25) is 0 Å². The lowest BCUT2D eigenvalue weighted by atomic mass is 9.79. The number of piperazine rings is 1. The molecule has 12 heteroatoms. The van der Waals surface area contributed by atoms with Crippen LogP contribution in [0.15, 0.2) is 18.3 Å². The van der Waals surface area contributed by atoms with E-state index < -0.39 is 11.9 Å². The Labute approximate surface area is 202 Å². The number of nitrogens with zero attached hydrogens (tertiary/aromatic N) is 4. The number of halogens is 3. The molecule has 2 aliphatic heterocycles. The van der Waals surface area contributed by atoms with Crippen LogP contribution in [0.25, 0.3) is 0 Å². The predicted molar refractivity (Wildman–Crippen MR) is 120 cm³/mol. The number of amides is 3. The lowest BCUT2D eigenvalue weighted by Crippen LogP contribution is -2.62. The Morgan fingerprint density at radius 3 is 2.54 bits per heavy atom. The van der Waals surface area contributed by atoms with Gasteiger partial charge in [-0.3, -0.25) is 29.6 Å². The summed E-state index contributed by atoms with van der Waals surface area (Å²) in [6.45, 7) is 4.78. The van der Waals surface area contributed by atoms with Crippen LogP contribution in [-0.2, 0) is 27.1 Å². The van der Waals surface area contributed by atoms with Gasteiger partial charge < -0.3 is 15.1 Å². The van der Waals surface area contributed by atoms with Crippen molar-refractivity contribution in [1.82, 2.24) is 30.3 Å². The SMILES string of the molecule is CC(=O)N1CCN(C2CCC3NCN(CC(=O)NCc4ccc(C(F)(F)F)nc4)C(=O)C3C2)CC1. The first-order valence-electron chi connectivity index (χ1n) is 11.9. The third kappa shape index (κ3) is 6.10. The van der Waals surface area contributed by atoms with Crippen molar-refractivity contribution >= 4 is 17.7 Å². The predicted octanol–water partition coefficient (Wildman–Crippen LogP) is 0.807. The summed E-state index contributed by atoms with van der Waals surface area (Å²) in [4.78, 5) is 46.3. The Morgan fingerprint density at radius 2 is 1.91 bits per heavy atom. The molecule has 35 heavy (non-hydrogen) atoms. The average molecular weight is 497 g/mol. The smallest absolute Gasteiger partial charge is 0.350 e. The molecule has 2 saturated heterocycles. The molecule has 3 aliphatic rings. The second-order valence-corrected chi connectivity index (χ2v) is 9.45. The van der Waals surface area contributed by atoms with Crippen molar-refractivity contribution in [1.29, 1.82) is 0 Å². The largest absolute Gasteiger partial charge is 0.433 e. The molecule has 1 aromatic rings. The highest BCUT2D eigenvalue weighted by Crippen LogP contribution is 2.32. The van der Waals surface area contributed by atoms with Crippen LogP contribution in [0.3, 0.4) is 0 Å². The van der Waals surface area contributed by atoms with E-state index in [0.717, 1.165) is 38.2 Å². The van der Waals surface area contributed by atoms with E-state index in [0.29, 0.717) is 25.1 Å². The van der Waals surface area contributed by atoms with Crippen molar-refractivity contribution in [3.8, 4) is 0 Å². The molecule has 3 unspecified atom stereocenters. The fourth-order valence-electron chi connectivity index (χ4n) is 5.20. The fourth-order valence-corrected chi connectivity index (χ4v) is 5.20. The third-order valence-corrected chi connectivity index (χ3v) is 7.21. The van der Waals surface area contributed by atoms with Gasteiger partial charge in [0.15, 0.2) is 0 Å². The monoisotopic (exact) mass is 496 g/mol. The molecule has 3 heterocycles. The van der Waals surface area contributed by atoms with E-state index in [9.17, 15) is 27.6 Å². The molecular weight excluding hydrogens is 465 g/mol. The molecule has 3 amide bonds. The van der Waals surface area contributed by atoms with Crippen LogP contribution < -0.4 is 10.6 Å². The highest BCUT2D eigenvalue weighted by Gasteiger charge is 2.42. The van der Waals surface area contributed by atoms with Gasteiger partial charge in [0.2, 0.25) is 17.7 Å². The van der Waals surface area contributed by atoms with E-state index in [1.807, 2.05) is 4.90 Å². The minimum absolute atomic E-state index is 0.0276. The number of hydrogen-bond acceptors (Lipinski definition) is 6. The Kier molecular flexibility index (Phi) is 7.60. The van der Waals surface area contributed by atoms with Gasteiger partial charge in [-0.15, -0.1) is 0 Å². The maximum Gasteiger partial charge on any atom is 0.433 e. The summed E-state index contributed by atoms with van der Waals surface area (Å²) in [6, 6.07) is 2.51. The van der Waals surface area contributed by atoms with Gasteiger partial charge in [0.25, 0.3) is 0 Å². The van der Waals surface area contributed by atoms with Crippen molar-refractivity contribution in [2.75, 3.05) is 39.4 Å². The summed E-state index contributed by atoms with van der Waals surface area (Å²) in [5, 5.41) is 6.03. The van der Waals surface area contributed by atoms with Crippen LogP contribution >= 0.6 is 0 Å². The van der Waals surface area contributed by atoms with Crippen molar-refractivity contribution in [2.24, 2.45) is 5.92 Å². The number of carbonyl (C=O) groups is 3. The number of nitrogens with one attached hydrogen (secondary N) is 2. The number of hydrogen-bond donors (Lipinski definition) is 2. The molecule has 9 nitrogen and oxygen atoms in total. The summed E-state index contributed by atoms with van der Waals surface area (Å²) < 4.78 is 37.9. The van der Waals surface area contributed by atoms with E-state index in [4.69, 9.17) is 0 Å². The molecule has 0 spiro atoms. The highest BCUT2D eigenvalue weighted by atomic mass is 19.4. The van der Waals surface area contributed by atoms with Gasteiger partial charge in [0.1, 0.15) is 12.2 Å². The number of rotatable bonds is 5. The van der Waals surface area contributed by atoms with Gasteiger partial charge in [-0.25, -0.2) is 0 Å². The maximum atomic E-state index is 13.2. The van der Waals surface area contributed by atoms with Crippen LogP contribution in [0.5, 0.6) is 0 Å². The van der Waals surface area contributed by atoms with Crippen molar-refractivity contribution in [2.45, 2.75) is 51.0 Å². The zero-order valence-electron chi connectivity index (χ0n) is 19.7. The van der Waals surface area contributed by atoms with Gasteiger partial charge >= 0.3 is 6.18 Å². The number of aromatic nitrogens is 1. The number of fused-ring (bicyclic) bond motifs is 1. The number of alkyl halides is 3. The summed E-state index contributed by atoms with van der Waals surface area (Å²) in [5.41, 5.74) is -0.548. The lowest BCUT2D eigenvalue weighted by Gasteiger charge is -2.47. The van der Waals surface area contributed by atoms with Crippen LogP contribution in [-0.4, -0.2) is 88.9 Å². The second-order valence-electron chi connectivity index (χ2n) is 9.45. The van der Waals surface area contributed by atoms with E-state index in [1.165, 1.54) is 11.0 Å². The minimum atomic E-state index is -4.51. The van der Waals surface area contributed by atoms with E-state index in [2.05, 4.69) is 20.5 Å². The molecule has 0 radical (unpaired) electrons. The molecule has 0 bridgehead atoms. The van der Waals surface area contributed by atoms with Crippen molar-refractivity contribution in [3.05, 3.63) is 29.6 Å². The Hall–Kier alpha value is -2.73. The summed E-state index contributed by atoms with van der Waals surface area (Å²) >= 11 is 0. The topological polar surface area (TPSA) is 97.9 Å². The molecule has 192 valence electrons. The first-order chi connectivity index (χ1) is 16.6. The molecule has 3 fully saturated rings. The number of carbonyl (C=O) groups excluding carboxylic acids is 3. The third-order valence-electron chi connectivity index (χ3n) is 7.21. The van der Waals surface area contributed by atoms with Gasteiger partial charge in [-0.1, -0.05) is 6.07 Å². The van der Waals surface area contributed by atoms with Gasteiger partial charge in [-0.05, 0) is 30.9 Å². The van der Waals surface area contributed by atoms with Gasteiger partial charge in [0, 0.05) is 57.9 Å². The molecule has 4 rings (SSSR count). The van der Waals surface area contributed by atoms with Crippen molar-refractivity contribution in [3.63, 3.8) is 0 Å². The molecule has 2 N–H and O–H groups in total. The first kappa shape index (κ1) is 25.4. The second kappa shape index (κ2) is 10.5. The Balaban J connectivity index is 1.26. The molecule has 1 aliphatic carbocycles. The van der Waals surface area contributed by atoms with Crippen molar-refractivity contribution < 1.29 is 27.6 Å². The molecular formula is C23H31F3N6O3. The quantitative estimate of drug-likeness (QED) is 0.626. The Morgan fingerprint density at radius 1 is 1.17 bits per heavy atom. The summed E-state index contributed by atoms with van der Waals surface area (Å²) in [5.74, 6) is -0.554. The van der Waals surface area contributed by atoms with Crippen LogP contribution in [0, 0.1) is 5.92 Å². The maximum absolute atomic E-state index is 13.2. The molecule has 0 aromatic carbocycles. The molecule has 1 saturated carbocycles. The summed E-state index contributed by atoms with van der Waals surface area (Å²) in [6.07, 6.45) is -0.841. The van der Waals surface area contributed by atoms with E-state index in [1.54, 1.807) is 6.92 Å².